The van der Waals surface area contributed by atoms with Crippen LogP contribution in [-0.2, 0) is 88.0 Å². The number of hydrogen-bond acceptors (Lipinski definition) is 36. The van der Waals surface area contributed by atoms with E-state index in [-0.39, 0.29) is 132 Å². The highest BCUT2D eigenvalue weighted by Crippen LogP contribution is 2.57. The van der Waals surface area contributed by atoms with Crippen LogP contribution >= 0.6 is 31.3 Å². The molecular weight excluding hydrogens is 1760 g/mol. The first-order chi connectivity index (χ1) is 59.0. The van der Waals surface area contributed by atoms with Gasteiger partial charge in [-0.2, -0.15) is 0 Å². The fraction of sp³-hybridized carbons (Fsp3) is 0.528. The summed E-state index contributed by atoms with van der Waals surface area (Å²) in [6, 6.07) is 10.3. The van der Waals surface area contributed by atoms with Gasteiger partial charge in [0.1, 0.15) is 40.6 Å². The van der Waals surface area contributed by atoms with E-state index >= 15 is 0 Å². The molecule has 12 rings (SSSR count). The third-order valence-electron chi connectivity index (χ3n) is 20.9. The van der Waals surface area contributed by atoms with Crippen LogP contribution in [0.3, 0.4) is 0 Å². The number of nitrogens with one attached hydrogen (secondary N) is 6. The maximum Gasteiger partial charge on any atom is 0.478 e. The van der Waals surface area contributed by atoms with E-state index in [1.165, 1.54) is 57.2 Å². The van der Waals surface area contributed by atoms with Crippen molar-refractivity contribution < 1.29 is 151 Å². The SMILES string of the molecule is CCOC(=O)c1cc2cc3c(cc2oc1=O)N(CCCC(=O)NCCNC(=O)O[C@@H]1[C@H](O)[C@@H](COP(=O)(O)OP(=O)([O-])O)O[C@H]1[n+]1cn(C)c2c(=O)[nH]c(N)nc21)C(C)(C)CC3C.CCOC(=O)c1cc2cc3c(cc2oc1=O)N(CCCC(=O)NCCNC(=O)O[C@H]1[C@@H](O)[C@H]([n+]2cn(C)c4c(=O)[nH]c(N)nc42)O[C@@H]1COP(=O)(O)OP(=O)([O-])O)C(C)(C)CC3C. The number of fused-ring (bicyclic) bond motifs is 6. The number of aromatic amines is 2. The van der Waals surface area contributed by atoms with Crippen molar-refractivity contribution in [3.05, 3.63) is 113 Å². The average molecular weight is 1850 g/mol. The van der Waals surface area contributed by atoms with Crippen molar-refractivity contribution in [3.8, 4) is 0 Å². The molecule has 6 unspecified atom stereocenters. The Bertz CT molecular complexity index is 5960. The lowest BCUT2D eigenvalue weighted by Gasteiger charge is -2.47. The van der Waals surface area contributed by atoms with Gasteiger partial charge in [-0.15, -0.1) is 0 Å². The molecule has 54 heteroatoms. The number of anilines is 4. The number of nitrogens with zero attached hydrogens (tertiary/aromatic N) is 8. The van der Waals surface area contributed by atoms with Crippen molar-refractivity contribution in [1.82, 2.24) is 50.3 Å². The molecular formula is C72H96N16O34P4. The van der Waals surface area contributed by atoms with Gasteiger partial charge in [0.2, 0.25) is 35.3 Å². The second kappa shape index (κ2) is 38.6. The number of esters is 2. The van der Waals surface area contributed by atoms with E-state index in [0.29, 0.717) is 47.9 Å². The predicted molar refractivity (Wildman–Crippen MR) is 432 cm³/mol. The molecule has 2 saturated heterocycles. The molecule has 2 aromatic carbocycles. The lowest BCUT2D eigenvalue weighted by atomic mass is 9.79. The Balaban J connectivity index is 0.000000245. The second-order valence-corrected chi connectivity index (χ2v) is 36.7. The van der Waals surface area contributed by atoms with E-state index in [1.54, 1.807) is 26.0 Å². The van der Waals surface area contributed by atoms with Crippen LogP contribution in [0.1, 0.15) is 150 Å². The minimum atomic E-state index is -5.75. The monoisotopic (exact) mass is 1850 g/mol. The molecule has 16 N–H and O–H groups in total. The molecule has 688 valence electrons. The Morgan fingerprint density at radius 3 is 1.38 bits per heavy atom. The summed E-state index contributed by atoms with van der Waals surface area (Å²) in [5, 5.41) is 33.9. The molecule has 0 aliphatic carbocycles. The van der Waals surface area contributed by atoms with E-state index in [2.05, 4.69) is 110 Å². The number of phosphoric acid groups is 4. The lowest BCUT2D eigenvalue weighted by Crippen LogP contribution is -2.49. The Morgan fingerprint density at radius 1 is 0.579 bits per heavy atom. The van der Waals surface area contributed by atoms with Crippen molar-refractivity contribution in [2.45, 2.75) is 166 Å². The summed E-state index contributed by atoms with van der Waals surface area (Å²) in [5.41, 5.74) is 11.7. The van der Waals surface area contributed by atoms with Gasteiger partial charge in [0, 0.05) is 97.5 Å². The summed E-state index contributed by atoms with van der Waals surface area (Å²) < 4.78 is 112. The highest BCUT2D eigenvalue weighted by molar-refractivity contribution is 7.60. The first kappa shape index (κ1) is 96.2. The fourth-order valence-corrected chi connectivity index (χ4v) is 18.9. The molecule has 50 nitrogen and oxygen atoms in total. The Hall–Kier alpha value is -10.5. The number of carbonyl (C=O) groups excluding carboxylic acids is 6. The highest BCUT2D eigenvalue weighted by atomic mass is 31.3. The number of alkyl carbamates (subject to hydrolysis) is 2. The van der Waals surface area contributed by atoms with E-state index in [4.69, 9.17) is 58.5 Å². The maximum atomic E-state index is 13.0. The van der Waals surface area contributed by atoms with Gasteiger partial charge < -0.3 is 119 Å². The predicted octanol–water partition coefficient (Wildman–Crippen LogP) is 0.101. The van der Waals surface area contributed by atoms with Crippen molar-refractivity contribution in [3.63, 3.8) is 0 Å². The number of imidazole rings is 2. The molecule has 2 fully saturated rings. The molecule has 8 aromatic rings. The number of rotatable bonds is 32. The number of nitrogen functional groups attached to an aromatic ring is 2. The van der Waals surface area contributed by atoms with Gasteiger partial charge in [-0.05, 0) is 114 Å². The van der Waals surface area contributed by atoms with Crippen LogP contribution < -0.4 is 83.8 Å². The quantitative estimate of drug-likeness (QED) is 0.00664. The number of aromatic nitrogens is 8. The van der Waals surface area contributed by atoms with Gasteiger partial charge in [0.05, 0.1) is 40.5 Å². The third-order valence-corrected chi connectivity index (χ3v) is 25.2. The number of benzene rings is 2. The molecule has 0 spiro atoms. The number of aliphatic hydroxyl groups excluding tert-OH is 2. The fourth-order valence-electron chi connectivity index (χ4n) is 15.8. The van der Waals surface area contributed by atoms with Gasteiger partial charge in [-0.3, -0.25) is 56.5 Å². The number of phosphoric ester groups is 2. The van der Waals surface area contributed by atoms with Crippen LogP contribution in [0.25, 0.3) is 44.3 Å². The van der Waals surface area contributed by atoms with Gasteiger partial charge >= 0.3 is 62.3 Å². The molecule has 4 aliphatic rings. The molecule has 10 heterocycles. The van der Waals surface area contributed by atoms with E-state index < -0.39 is 140 Å². The van der Waals surface area contributed by atoms with Gasteiger partial charge in [-0.25, -0.2) is 55.7 Å². The number of aryl methyl sites for hydroxylation is 2. The van der Waals surface area contributed by atoms with E-state index in [1.807, 2.05) is 12.1 Å². The molecule has 0 radical (unpaired) electrons. The third kappa shape index (κ3) is 22.7. The summed E-state index contributed by atoms with van der Waals surface area (Å²) in [4.78, 5) is 203. The normalized spacial score (nSPS) is 22.6. The van der Waals surface area contributed by atoms with Gasteiger partial charge in [0.25, 0.3) is 38.7 Å². The molecule has 14 atom stereocenters. The van der Waals surface area contributed by atoms with Crippen LogP contribution in [0.4, 0.5) is 32.9 Å². The summed E-state index contributed by atoms with van der Waals surface area (Å²) in [7, 11) is -19.4. The Labute approximate surface area is 712 Å². The summed E-state index contributed by atoms with van der Waals surface area (Å²) in [6.45, 7) is 14.5. The van der Waals surface area contributed by atoms with E-state index in [9.17, 15) is 96.0 Å². The largest absolute Gasteiger partial charge is 0.756 e. The standard InChI is InChI=1S/2C36H48N8O17P2/c1-6-56-32(48)21-13-19-12-20-18(2)15-36(3,4)44(22(20)14-23(19)59-33(21)49)11-7-8-25(45)38-9-10-39-35(50)60-28-24(16-57-63(54,55)61-62(51,52)53)58-31(27(28)46)43-17-42(5)26-29(43)40-34(37)41-30(26)47;1-6-56-32(48)21-13-19-12-20-18(2)15-36(3,4)44(22(20)14-23(19)59-33(21)49)11-7-8-25(45)38-9-10-39-35(50)60-28-27(46)24(16-57-63(54,55)61-62(51,52)53)58-31(28)43-17-42(5)26-29(43)40-34(37)41-30(26)47/h2*12-14,17-18,24,27-28,31,46H,6-11,15-16H2,1-5H3,(H7-,37,38,39,40,41,45,47,50,51,52,53,54,55)/t2*18?,24-,27-,28-,31-/m11/s1. The van der Waals surface area contributed by atoms with Crippen LogP contribution in [0, 0.1) is 0 Å². The number of ether oxygens (including phenoxy) is 6. The summed E-state index contributed by atoms with van der Waals surface area (Å²) in [6.07, 6.45) is -10.0. The van der Waals surface area contributed by atoms with Crippen molar-refractivity contribution >= 4 is 135 Å². The zero-order chi connectivity index (χ0) is 92.4. The lowest BCUT2D eigenvalue weighted by molar-refractivity contribution is -0.746. The zero-order valence-electron chi connectivity index (χ0n) is 69.3. The molecule has 6 aromatic heterocycles. The first-order valence-corrected chi connectivity index (χ1v) is 45.1. The molecule has 126 heavy (non-hydrogen) atoms. The Kier molecular flexibility index (Phi) is 29.5. The van der Waals surface area contributed by atoms with Crippen LogP contribution in [0.5, 0.6) is 0 Å². The smallest absolute Gasteiger partial charge is 0.478 e. The van der Waals surface area contributed by atoms with Crippen molar-refractivity contribution in [2.24, 2.45) is 14.1 Å². The summed E-state index contributed by atoms with van der Waals surface area (Å²) >= 11 is 0. The van der Waals surface area contributed by atoms with Gasteiger partial charge in [0.15, 0.2) is 31.0 Å². The van der Waals surface area contributed by atoms with Crippen LogP contribution in [-0.4, -0.2) is 208 Å². The second-order valence-electron chi connectivity index (χ2n) is 31.1. The van der Waals surface area contributed by atoms with Gasteiger partial charge in [-0.1, -0.05) is 23.8 Å². The number of hydrogen-bond donors (Lipinski definition) is 14. The number of nitrogens with two attached hydrogens (primary N) is 2. The van der Waals surface area contributed by atoms with Crippen LogP contribution in [0.2, 0.25) is 0 Å². The van der Waals surface area contributed by atoms with Crippen LogP contribution in [0.15, 0.2) is 77.1 Å². The Morgan fingerprint density at radius 2 is 0.968 bits per heavy atom. The molecule has 4 aliphatic heterocycles. The topological polar surface area (TPSA) is 707 Å². The minimum absolute atomic E-state index is 0.00191. The number of carbonyl (C=O) groups is 6. The molecule has 4 amide bonds. The maximum absolute atomic E-state index is 13.0. The molecule has 0 saturated carbocycles. The first-order valence-electron chi connectivity index (χ1n) is 39.2. The number of H-pyrrole nitrogens is 2. The molecule has 0 bridgehead atoms. The number of amides is 4. The zero-order valence-corrected chi connectivity index (χ0v) is 72.9. The average Bonchev–Trinajstić information content (AvgIpc) is 1.71. The van der Waals surface area contributed by atoms with Crippen molar-refractivity contribution in [1.29, 1.82) is 0 Å². The van der Waals surface area contributed by atoms with E-state index in [0.717, 1.165) is 35.3 Å². The highest BCUT2D eigenvalue weighted by Gasteiger charge is 2.54. The minimum Gasteiger partial charge on any atom is -0.756 e. The van der Waals surface area contributed by atoms with Crippen molar-refractivity contribution in [2.75, 3.05) is 87.0 Å². The summed E-state index contributed by atoms with van der Waals surface area (Å²) in [5.74, 6) is -2.49. The number of aliphatic hydroxyl groups is 2.